The maximum absolute atomic E-state index is 11.7. The summed E-state index contributed by atoms with van der Waals surface area (Å²) < 4.78 is 6.66. The first-order chi connectivity index (χ1) is 10.8. The second kappa shape index (κ2) is 7.37. The van der Waals surface area contributed by atoms with Gasteiger partial charge in [-0.05, 0) is 32.8 Å². The van der Waals surface area contributed by atoms with Gasteiger partial charge < -0.3 is 9.84 Å². The number of nitrogens with zero attached hydrogens (tertiary/aromatic N) is 3. The van der Waals surface area contributed by atoms with Gasteiger partial charge >= 0.3 is 5.97 Å². The Balaban J connectivity index is 1.86. The lowest BCUT2D eigenvalue weighted by Crippen LogP contribution is -2.26. The molecule has 0 bridgehead atoms. The van der Waals surface area contributed by atoms with Gasteiger partial charge in [-0.1, -0.05) is 35.5 Å². The molecule has 124 valence electrons. The van der Waals surface area contributed by atoms with E-state index >= 15 is 0 Å². The Morgan fingerprint density at radius 1 is 1.26 bits per heavy atom. The van der Waals surface area contributed by atoms with Crippen molar-refractivity contribution in [1.29, 1.82) is 0 Å². The Kier molecular flexibility index (Phi) is 5.50. The van der Waals surface area contributed by atoms with Crippen LogP contribution in [0.2, 0.25) is 0 Å². The Morgan fingerprint density at radius 3 is 2.61 bits per heavy atom. The van der Waals surface area contributed by atoms with Crippen molar-refractivity contribution in [2.75, 3.05) is 0 Å². The van der Waals surface area contributed by atoms with Gasteiger partial charge in [0.2, 0.25) is 0 Å². The number of esters is 1. The molecule has 0 fully saturated rings. The number of aromatic nitrogens is 3. The van der Waals surface area contributed by atoms with Crippen molar-refractivity contribution in [2.24, 2.45) is 0 Å². The van der Waals surface area contributed by atoms with Crippen molar-refractivity contribution in [1.82, 2.24) is 15.0 Å². The quantitative estimate of drug-likeness (QED) is 0.822. The van der Waals surface area contributed by atoms with Crippen molar-refractivity contribution in [2.45, 2.75) is 51.9 Å². The highest BCUT2D eigenvalue weighted by Crippen LogP contribution is 2.09. The van der Waals surface area contributed by atoms with Crippen LogP contribution in [0.3, 0.4) is 0 Å². The van der Waals surface area contributed by atoms with Crippen LogP contribution < -0.4 is 0 Å². The van der Waals surface area contributed by atoms with E-state index in [1.54, 1.807) is 6.20 Å². The van der Waals surface area contributed by atoms with Gasteiger partial charge in [0, 0.05) is 12.6 Å². The van der Waals surface area contributed by atoms with Crippen LogP contribution in [0.1, 0.15) is 32.0 Å². The van der Waals surface area contributed by atoms with Crippen LogP contribution in [0.4, 0.5) is 0 Å². The molecule has 2 aromatic rings. The van der Waals surface area contributed by atoms with E-state index in [0.717, 1.165) is 5.56 Å². The zero-order valence-corrected chi connectivity index (χ0v) is 13.8. The number of hydrogen-bond acceptors (Lipinski definition) is 5. The molecule has 0 saturated carbocycles. The van der Waals surface area contributed by atoms with E-state index < -0.39 is 11.7 Å². The maximum Gasteiger partial charge on any atom is 0.328 e. The molecule has 2 rings (SSSR count). The topological polar surface area (TPSA) is 77.2 Å². The monoisotopic (exact) mass is 317 g/mol. The Bertz CT molecular complexity index is 632. The number of ether oxygens (including phenoxy) is 1. The van der Waals surface area contributed by atoms with Crippen LogP contribution in [0.15, 0.2) is 36.5 Å². The first kappa shape index (κ1) is 17.1. The summed E-state index contributed by atoms with van der Waals surface area (Å²) in [6.45, 7) is 5.46. The van der Waals surface area contributed by atoms with E-state index in [1.165, 1.54) is 4.68 Å². The summed E-state index contributed by atoms with van der Waals surface area (Å²) in [5.41, 5.74) is 1.20. The fraction of sp³-hybridized carbons (Fsp3) is 0.471. The smallest absolute Gasteiger partial charge is 0.328 e. The standard InChI is InChI=1S/C17H23N3O3/c1-17(2,3)23-16(22)12-20-11-14(18-19-20)10-15(21)9-13-7-5-4-6-8-13/h4-8,11,15,21H,9-10,12H2,1-3H3. The van der Waals surface area contributed by atoms with Gasteiger partial charge in [-0.2, -0.15) is 0 Å². The third-order valence-electron chi connectivity index (χ3n) is 3.06. The second-order valence-electron chi connectivity index (χ2n) is 6.54. The highest BCUT2D eigenvalue weighted by Gasteiger charge is 2.17. The molecule has 0 radical (unpaired) electrons. The highest BCUT2D eigenvalue weighted by molar-refractivity contribution is 5.69. The van der Waals surface area contributed by atoms with E-state index in [4.69, 9.17) is 4.74 Å². The van der Waals surface area contributed by atoms with Crippen molar-refractivity contribution in [3.8, 4) is 0 Å². The zero-order valence-electron chi connectivity index (χ0n) is 13.8. The van der Waals surface area contributed by atoms with Crippen LogP contribution in [-0.2, 0) is 28.9 Å². The Morgan fingerprint density at radius 2 is 1.96 bits per heavy atom. The first-order valence-corrected chi connectivity index (χ1v) is 7.65. The molecule has 1 atom stereocenters. The molecule has 0 saturated heterocycles. The average Bonchev–Trinajstić information content (AvgIpc) is 2.84. The lowest BCUT2D eigenvalue weighted by Gasteiger charge is -2.19. The first-order valence-electron chi connectivity index (χ1n) is 7.65. The van der Waals surface area contributed by atoms with Crippen LogP contribution in [0, 0.1) is 0 Å². The fourth-order valence-corrected chi connectivity index (χ4v) is 2.22. The summed E-state index contributed by atoms with van der Waals surface area (Å²) in [5.74, 6) is -0.362. The normalized spacial score (nSPS) is 12.9. The van der Waals surface area contributed by atoms with Gasteiger partial charge in [0.05, 0.1) is 11.8 Å². The molecule has 23 heavy (non-hydrogen) atoms. The molecule has 0 spiro atoms. The molecule has 0 aliphatic rings. The lowest BCUT2D eigenvalue weighted by molar-refractivity contribution is -0.155. The summed E-state index contributed by atoms with van der Waals surface area (Å²) in [7, 11) is 0. The molecule has 1 aromatic carbocycles. The van der Waals surface area contributed by atoms with Crippen molar-refractivity contribution in [3.63, 3.8) is 0 Å². The number of benzene rings is 1. The van der Waals surface area contributed by atoms with Gasteiger partial charge in [-0.3, -0.25) is 4.79 Å². The summed E-state index contributed by atoms with van der Waals surface area (Å²) in [4.78, 5) is 11.7. The Labute approximate surface area is 136 Å². The number of hydrogen-bond donors (Lipinski definition) is 1. The summed E-state index contributed by atoms with van der Waals surface area (Å²) in [6, 6.07) is 9.78. The van der Waals surface area contributed by atoms with E-state index in [0.29, 0.717) is 18.5 Å². The van der Waals surface area contributed by atoms with E-state index in [2.05, 4.69) is 10.3 Å². The third-order valence-corrected chi connectivity index (χ3v) is 3.06. The van der Waals surface area contributed by atoms with Gasteiger partial charge in [0.1, 0.15) is 12.1 Å². The van der Waals surface area contributed by atoms with Crippen molar-refractivity contribution >= 4 is 5.97 Å². The fourth-order valence-electron chi connectivity index (χ4n) is 2.22. The molecular formula is C17H23N3O3. The molecular weight excluding hydrogens is 294 g/mol. The number of aliphatic hydroxyl groups excluding tert-OH is 1. The minimum Gasteiger partial charge on any atom is -0.459 e. The molecule has 0 aliphatic heterocycles. The number of aliphatic hydroxyl groups is 1. The van der Waals surface area contributed by atoms with Crippen LogP contribution in [0.25, 0.3) is 0 Å². The molecule has 1 unspecified atom stereocenters. The van der Waals surface area contributed by atoms with E-state index in [-0.39, 0.29) is 12.5 Å². The average molecular weight is 317 g/mol. The summed E-state index contributed by atoms with van der Waals surface area (Å²) >= 11 is 0. The molecule has 1 aromatic heterocycles. The Hall–Kier alpha value is -2.21. The number of rotatable bonds is 6. The maximum atomic E-state index is 11.7. The molecule has 6 heteroatoms. The highest BCUT2D eigenvalue weighted by atomic mass is 16.6. The van der Waals surface area contributed by atoms with Crippen molar-refractivity contribution < 1.29 is 14.6 Å². The predicted molar refractivity (Wildman–Crippen MR) is 85.7 cm³/mol. The summed E-state index contributed by atoms with van der Waals surface area (Å²) in [6.07, 6.45) is 2.07. The minimum absolute atomic E-state index is 0.0129. The van der Waals surface area contributed by atoms with Crippen LogP contribution in [0.5, 0.6) is 0 Å². The van der Waals surface area contributed by atoms with Gasteiger partial charge in [0.15, 0.2) is 0 Å². The molecule has 1 N–H and O–H groups in total. The zero-order chi connectivity index (χ0) is 16.9. The second-order valence-corrected chi connectivity index (χ2v) is 6.54. The van der Waals surface area contributed by atoms with E-state index in [1.807, 2.05) is 51.1 Å². The minimum atomic E-state index is -0.538. The molecule has 0 amide bonds. The number of carbonyl (C=O) groups is 1. The largest absolute Gasteiger partial charge is 0.459 e. The predicted octanol–water partition coefficient (Wildman–Crippen LogP) is 1.77. The molecule has 0 aliphatic carbocycles. The van der Waals surface area contributed by atoms with E-state index in [9.17, 15) is 9.90 Å². The van der Waals surface area contributed by atoms with Gasteiger partial charge in [-0.15, -0.1) is 5.10 Å². The molecule has 1 heterocycles. The third kappa shape index (κ3) is 6.20. The van der Waals surface area contributed by atoms with Crippen LogP contribution in [-0.4, -0.2) is 37.8 Å². The number of carbonyl (C=O) groups excluding carboxylic acids is 1. The lowest BCUT2D eigenvalue weighted by atomic mass is 10.0. The SMILES string of the molecule is CC(C)(C)OC(=O)Cn1cc(CC(O)Cc2ccccc2)nn1. The molecule has 6 nitrogen and oxygen atoms in total. The van der Waals surface area contributed by atoms with Gasteiger partial charge in [0.25, 0.3) is 0 Å². The van der Waals surface area contributed by atoms with Crippen LogP contribution >= 0.6 is 0 Å². The van der Waals surface area contributed by atoms with Crippen molar-refractivity contribution in [3.05, 3.63) is 47.8 Å². The summed E-state index contributed by atoms with van der Waals surface area (Å²) in [5, 5.41) is 18.0. The van der Waals surface area contributed by atoms with Gasteiger partial charge in [-0.25, -0.2) is 4.68 Å².